The molecule has 0 aliphatic heterocycles. The first-order chi connectivity index (χ1) is 10.4. The van der Waals surface area contributed by atoms with Crippen LogP contribution in [0.5, 0.6) is 0 Å². The van der Waals surface area contributed by atoms with E-state index in [2.05, 4.69) is 10.6 Å². The van der Waals surface area contributed by atoms with Crippen LogP contribution in [0.3, 0.4) is 0 Å². The van der Waals surface area contributed by atoms with Crippen molar-refractivity contribution < 1.29 is 8.42 Å². The molecule has 0 aliphatic rings. The Balaban J connectivity index is 2.00. The van der Waals surface area contributed by atoms with Crippen LogP contribution in [0.15, 0.2) is 59.5 Å². The van der Waals surface area contributed by atoms with Crippen LogP contribution in [0.1, 0.15) is 18.5 Å². The van der Waals surface area contributed by atoms with Gasteiger partial charge in [0.05, 0.1) is 10.9 Å². The minimum Gasteiger partial charge on any atom is -0.356 e. The van der Waals surface area contributed by atoms with Crippen molar-refractivity contribution in [2.24, 2.45) is 0 Å². The number of hydrogen-bond donors (Lipinski definition) is 2. The first kappa shape index (κ1) is 16.5. The van der Waals surface area contributed by atoms with Crippen molar-refractivity contribution in [1.29, 1.82) is 0 Å². The van der Waals surface area contributed by atoms with Gasteiger partial charge in [-0.05, 0) is 49.0 Å². The second kappa shape index (κ2) is 6.89. The number of benzene rings is 2. The lowest BCUT2D eigenvalue weighted by Gasteiger charge is -2.17. The summed E-state index contributed by atoms with van der Waals surface area (Å²) in [5, 5.41) is 6.80. The zero-order valence-electron chi connectivity index (χ0n) is 12.4. The number of anilines is 1. The number of hydrogen-bond acceptors (Lipinski definition) is 3. The van der Waals surface area contributed by atoms with E-state index in [9.17, 15) is 8.42 Å². The fourth-order valence-electron chi connectivity index (χ4n) is 1.97. The Bertz CT molecular complexity index is 741. The first-order valence-corrected chi connectivity index (χ1v) is 9.09. The summed E-state index contributed by atoms with van der Waals surface area (Å²) < 4.78 is 22.9. The minimum atomic E-state index is -3.17. The lowest BCUT2D eigenvalue weighted by molar-refractivity contribution is 0.601. The second-order valence-corrected chi connectivity index (χ2v) is 7.45. The summed E-state index contributed by atoms with van der Waals surface area (Å²) in [4.78, 5) is 0.313. The number of thiocarbonyl (C=S) groups is 1. The average molecular weight is 334 g/mol. The molecule has 22 heavy (non-hydrogen) atoms. The van der Waals surface area contributed by atoms with Crippen LogP contribution < -0.4 is 10.6 Å². The van der Waals surface area contributed by atoms with E-state index in [1.54, 1.807) is 24.3 Å². The molecule has 116 valence electrons. The normalized spacial score (nSPS) is 12.5. The zero-order chi connectivity index (χ0) is 16.2. The Labute approximate surface area is 136 Å². The molecule has 0 amide bonds. The summed E-state index contributed by atoms with van der Waals surface area (Å²) >= 11 is 5.28. The van der Waals surface area contributed by atoms with Crippen LogP contribution in [0.4, 0.5) is 5.69 Å². The predicted octanol–water partition coefficient (Wildman–Crippen LogP) is 3.14. The number of para-hydroxylation sites is 1. The van der Waals surface area contributed by atoms with E-state index in [0.29, 0.717) is 10.0 Å². The van der Waals surface area contributed by atoms with Crippen LogP contribution in [-0.4, -0.2) is 19.8 Å². The van der Waals surface area contributed by atoms with Crippen molar-refractivity contribution in [3.05, 3.63) is 60.2 Å². The summed E-state index contributed by atoms with van der Waals surface area (Å²) in [5.41, 5.74) is 1.88. The van der Waals surface area contributed by atoms with E-state index < -0.39 is 9.84 Å². The van der Waals surface area contributed by atoms with Gasteiger partial charge < -0.3 is 10.6 Å². The van der Waals surface area contributed by atoms with Gasteiger partial charge in [-0.2, -0.15) is 0 Å². The Hall–Kier alpha value is -1.92. The minimum absolute atomic E-state index is 0.0303. The van der Waals surface area contributed by atoms with Crippen molar-refractivity contribution in [3.8, 4) is 0 Å². The van der Waals surface area contributed by atoms with Gasteiger partial charge >= 0.3 is 0 Å². The van der Waals surface area contributed by atoms with E-state index >= 15 is 0 Å². The molecule has 0 saturated heterocycles. The molecule has 2 N–H and O–H groups in total. The fourth-order valence-corrected chi connectivity index (χ4v) is 2.90. The Morgan fingerprint density at radius 1 is 1.05 bits per heavy atom. The second-order valence-electron chi connectivity index (χ2n) is 5.03. The SMILES string of the molecule is C[C@@H](NC(=S)Nc1ccccc1)c1ccc(S(C)(=O)=O)cc1. The van der Waals surface area contributed by atoms with Gasteiger partial charge in [0.25, 0.3) is 0 Å². The van der Waals surface area contributed by atoms with Crippen LogP contribution in [-0.2, 0) is 9.84 Å². The highest BCUT2D eigenvalue weighted by atomic mass is 32.2. The molecule has 0 saturated carbocycles. The molecular weight excluding hydrogens is 316 g/mol. The zero-order valence-corrected chi connectivity index (χ0v) is 14.0. The van der Waals surface area contributed by atoms with Crippen molar-refractivity contribution in [1.82, 2.24) is 5.32 Å². The average Bonchev–Trinajstić information content (AvgIpc) is 2.47. The van der Waals surface area contributed by atoms with Gasteiger partial charge in [-0.1, -0.05) is 30.3 Å². The van der Waals surface area contributed by atoms with Gasteiger partial charge in [0.1, 0.15) is 0 Å². The topological polar surface area (TPSA) is 58.2 Å². The first-order valence-electron chi connectivity index (χ1n) is 6.79. The number of nitrogens with one attached hydrogen (secondary N) is 2. The van der Waals surface area contributed by atoms with Crippen LogP contribution in [0.2, 0.25) is 0 Å². The molecule has 6 heteroatoms. The molecule has 2 aromatic rings. The molecule has 2 aromatic carbocycles. The molecule has 0 radical (unpaired) electrons. The molecule has 0 aliphatic carbocycles. The van der Waals surface area contributed by atoms with Crippen molar-refractivity contribution in [2.45, 2.75) is 17.9 Å². The van der Waals surface area contributed by atoms with Gasteiger partial charge in [0, 0.05) is 11.9 Å². The highest BCUT2D eigenvalue weighted by molar-refractivity contribution is 7.90. The van der Waals surface area contributed by atoms with Crippen molar-refractivity contribution in [2.75, 3.05) is 11.6 Å². The third-order valence-electron chi connectivity index (χ3n) is 3.19. The van der Waals surface area contributed by atoms with Crippen molar-refractivity contribution in [3.63, 3.8) is 0 Å². The summed E-state index contributed by atoms with van der Waals surface area (Å²) in [6.07, 6.45) is 1.20. The predicted molar refractivity (Wildman–Crippen MR) is 93.8 cm³/mol. The van der Waals surface area contributed by atoms with Gasteiger partial charge in [-0.25, -0.2) is 8.42 Å². The third-order valence-corrected chi connectivity index (χ3v) is 4.54. The Morgan fingerprint density at radius 3 is 2.18 bits per heavy atom. The molecule has 1 atom stereocenters. The molecule has 0 bridgehead atoms. The summed E-state index contributed by atoms with van der Waals surface area (Å²) in [5.74, 6) is 0. The summed E-state index contributed by atoms with van der Waals surface area (Å²) in [6, 6.07) is 16.4. The van der Waals surface area contributed by atoms with Gasteiger partial charge in [-0.15, -0.1) is 0 Å². The van der Waals surface area contributed by atoms with Crippen LogP contribution in [0.25, 0.3) is 0 Å². The molecule has 4 nitrogen and oxygen atoms in total. The fraction of sp³-hybridized carbons (Fsp3) is 0.188. The standard InChI is InChI=1S/C16H18N2O2S2/c1-12(13-8-10-15(11-9-13)22(2,19)20)17-16(21)18-14-6-4-3-5-7-14/h3-12H,1-2H3,(H2,17,18,21)/t12-/m1/s1. The van der Waals surface area contributed by atoms with E-state index in [1.165, 1.54) is 6.26 Å². The van der Waals surface area contributed by atoms with E-state index in [4.69, 9.17) is 12.2 Å². The van der Waals surface area contributed by atoms with E-state index in [1.807, 2.05) is 37.3 Å². The number of sulfone groups is 1. The monoisotopic (exact) mass is 334 g/mol. The van der Waals surface area contributed by atoms with Crippen molar-refractivity contribution >= 4 is 32.9 Å². The molecule has 0 spiro atoms. The lowest BCUT2D eigenvalue weighted by atomic mass is 10.1. The maximum atomic E-state index is 11.4. The smallest absolute Gasteiger partial charge is 0.175 e. The highest BCUT2D eigenvalue weighted by Gasteiger charge is 2.10. The van der Waals surface area contributed by atoms with Gasteiger partial charge in [0.15, 0.2) is 14.9 Å². The van der Waals surface area contributed by atoms with Gasteiger partial charge in [-0.3, -0.25) is 0 Å². The number of rotatable bonds is 4. The lowest BCUT2D eigenvalue weighted by Crippen LogP contribution is -2.30. The highest BCUT2D eigenvalue weighted by Crippen LogP contribution is 2.16. The maximum Gasteiger partial charge on any atom is 0.175 e. The van der Waals surface area contributed by atoms with Crippen LogP contribution >= 0.6 is 12.2 Å². The molecule has 0 heterocycles. The van der Waals surface area contributed by atoms with Crippen LogP contribution in [0, 0.1) is 0 Å². The Kier molecular flexibility index (Phi) is 5.15. The quantitative estimate of drug-likeness (QED) is 0.841. The largest absolute Gasteiger partial charge is 0.356 e. The molecule has 2 rings (SSSR count). The van der Waals surface area contributed by atoms with Gasteiger partial charge in [0.2, 0.25) is 0 Å². The maximum absolute atomic E-state index is 11.4. The van der Waals surface area contributed by atoms with E-state index in [0.717, 1.165) is 11.3 Å². The Morgan fingerprint density at radius 2 is 1.64 bits per heavy atom. The van der Waals surface area contributed by atoms with E-state index in [-0.39, 0.29) is 6.04 Å². The summed E-state index contributed by atoms with van der Waals surface area (Å²) in [6.45, 7) is 1.97. The summed E-state index contributed by atoms with van der Waals surface area (Å²) in [7, 11) is -3.17. The molecule has 0 aromatic heterocycles. The molecule has 0 fully saturated rings. The molecular formula is C16H18N2O2S2. The third kappa shape index (κ3) is 4.54. The molecule has 0 unspecified atom stereocenters.